The first-order valence-electron chi connectivity index (χ1n) is 9.05. The average Bonchev–Trinajstić information content (AvgIpc) is 3.36. The van der Waals surface area contributed by atoms with Crippen LogP contribution in [0.4, 0.5) is 16.5 Å². The summed E-state index contributed by atoms with van der Waals surface area (Å²) in [5.41, 5.74) is 2.11. The Hall–Kier alpha value is -2.74. The maximum Gasteiger partial charge on any atom is 0.230 e. The van der Waals surface area contributed by atoms with Gasteiger partial charge in [-0.2, -0.15) is 0 Å². The molecule has 0 bridgehead atoms. The number of benzene rings is 1. The van der Waals surface area contributed by atoms with E-state index in [1.807, 2.05) is 23.6 Å². The number of carbonyl (C=O) groups is 3. The fourth-order valence-corrected chi connectivity index (χ4v) is 4.26. The minimum absolute atomic E-state index is 0.0913. The number of amides is 3. The van der Waals surface area contributed by atoms with Crippen molar-refractivity contribution in [3.05, 3.63) is 35.3 Å². The number of rotatable bonds is 5. The van der Waals surface area contributed by atoms with Gasteiger partial charge in [-0.1, -0.05) is 6.07 Å². The smallest absolute Gasteiger partial charge is 0.230 e. The lowest BCUT2D eigenvalue weighted by Gasteiger charge is -2.16. The van der Waals surface area contributed by atoms with Crippen molar-refractivity contribution in [2.75, 3.05) is 28.2 Å². The highest BCUT2D eigenvalue weighted by Crippen LogP contribution is 2.26. The number of aromatic nitrogens is 1. The second-order valence-electron chi connectivity index (χ2n) is 6.69. The molecular weight excluding hydrogens is 364 g/mol. The Morgan fingerprint density at radius 1 is 1.11 bits per heavy atom. The summed E-state index contributed by atoms with van der Waals surface area (Å²) in [5, 5.41) is 5.35. The third-order valence-electron chi connectivity index (χ3n) is 4.70. The number of hydrogen-bond acceptors (Lipinski definition) is 5. The van der Waals surface area contributed by atoms with Crippen molar-refractivity contribution >= 4 is 45.6 Å². The fourth-order valence-electron chi connectivity index (χ4n) is 3.39. The lowest BCUT2D eigenvalue weighted by atomic mass is 10.2. The van der Waals surface area contributed by atoms with Crippen molar-refractivity contribution in [3.8, 4) is 0 Å². The molecule has 1 aromatic carbocycles. The number of thiazole rings is 1. The molecule has 2 aromatic rings. The van der Waals surface area contributed by atoms with Crippen LogP contribution in [0.25, 0.3) is 0 Å². The highest BCUT2D eigenvalue weighted by Gasteiger charge is 2.25. The number of nitrogens with zero attached hydrogens (tertiary/aromatic N) is 3. The van der Waals surface area contributed by atoms with Crippen molar-refractivity contribution in [2.45, 2.75) is 32.1 Å². The van der Waals surface area contributed by atoms with Crippen LogP contribution in [0.1, 0.15) is 31.4 Å². The van der Waals surface area contributed by atoms with Crippen LogP contribution in [0.2, 0.25) is 0 Å². The van der Waals surface area contributed by atoms with E-state index in [0.717, 1.165) is 18.5 Å². The molecule has 2 aliphatic rings. The van der Waals surface area contributed by atoms with Crippen LogP contribution in [0.5, 0.6) is 0 Å². The summed E-state index contributed by atoms with van der Waals surface area (Å²) in [6, 6.07) is 7.32. The highest BCUT2D eigenvalue weighted by atomic mass is 32.1. The van der Waals surface area contributed by atoms with Gasteiger partial charge in [0.25, 0.3) is 0 Å². The minimum atomic E-state index is -0.176. The first kappa shape index (κ1) is 17.7. The van der Waals surface area contributed by atoms with Crippen molar-refractivity contribution < 1.29 is 14.4 Å². The highest BCUT2D eigenvalue weighted by molar-refractivity contribution is 7.14. The van der Waals surface area contributed by atoms with Gasteiger partial charge in [-0.15, -0.1) is 11.3 Å². The fraction of sp³-hybridized carbons (Fsp3) is 0.368. The molecule has 0 unspecified atom stereocenters. The number of carbonyl (C=O) groups excluding carboxylic acids is 3. The van der Waals surface area contributed by atoms with Crippen LogP contribution >= 0.6 is 11.3 Å². The molecule has 3 amide bonds. The zero-order chi connectivity index (χ0) is 18.8. The Bertz CT molecular complexity index is 895. The molecule has 140 valence electrons. The van der Waals surface area contributed by atoms with E-state index in [1.165, 1.54) is 11.3 Å². The lowest BCUT2D eigenvalue weighted by molar-refractivity contribution is -0.117. The standard InChI is InChI=1S/C19H20N4O3S/c24-16(11-14-12-27-19(21-14)23-9-3-7-18(23)26)20-13-4-1-5-15(10-13)22-8-2-6-17(22)25/h1,4-5,10,12H,2-3,6-9,11H2,(H,20,24). The predicted octanol–water partition coefficient (Wildman–Crippen LogP) is 2.58. The number of hydrogen-bond donors (Lipinski definition) is 1. The van der Waals surface area contributed by atoms with Gasteiger partial charge in [-0.3, -0.25) is 19.3 Å². The molecule has 1 N–H and O–H groups in total. The third kappa shape index (κ3) is 3.85. The number of nitrogens with one attached hydrogen (secondary N) is 1. The van der Waals surface area contributed by atoms with E-state index in [0.29, 0.717) is 42.4 Å². The van der Waals surface area contributed by atoms with Gasteiger partial charge < -0.3 is 10.2 Å². The van der Waals surface area contributed by atoms with Crippen LogP contribution in [0.15, 0.2) is 29.6 Å². The van der Waals surface area contributed by atoms with E-state index in [4.69, 9.17) is 0 Å². The predicted molar refractivity (Wildman–Crippen MR) is 104 cm³/mol. The second-order valence-corrected chi connectivity index (χ2v) is 7.53. The topological polar surface area (TPSA) is 82.6 Å². The zero-order valence-corrected chi connectivity index (χ0v) is 15.6. The Labute approximate surface area is 161 Å². The lowest BCUT2D eigenvalue weighted by Crippen LogP contribution is -2.24. The molecule has 2 fully saturated rings. The van der Waals surface area contributed by atoms with E-state index < -0.39 is 0 Å². The molecule has 0 saturated carbocycles. The van der Waals surface area contributed by atoms with Gasteiger partial charge in [0, 0.05) is 42.7 Å². The van der Waals surface area contributed by atoms with Gasteiger partial charge in [0.1, 0.15) is 0 Å². The van der Waals surface area contributed by atoms with Crippen molar-refractivity contribution in [1.82, 2.24) is 4.98 Å². The molecule has 0 radical (unpaired) electrons. The molecule has 3 heterocycles. The minimum Gasteiger partial charge on any atom is -0.326 e. The Morgan fingerprint density at radius 2 is 1.85 bits per heavy atom. The van der Waals surface area contributed by atoms with E-state index in [9.17, 15) is 14.4 Å². The van der Waals surface area contributed by atoms with E-state index in [1.54, 1.807) is 15.9 Å². The third-order valence-corrected chi connectivity index (χ3v) is 5.61. The van der Waals surface area contributed by atoms with Gasteiger partial charge in [0.05, 0.1) is 12.1 Å². The van der Waals surface area contributed by atoms with Crippen molar-refractivity contribution in [2.24, 2.45) is 0 Å². The van der Waals surface area contributed by atoms with Crippen LogP contribution in [0, 0.1) is 0 Å². The molecule has 2 saturated heterocycles. The maximum absolute atomic E-state index is 12.4. The maximum atomic E-state index is 12.4. The summed E-state index contributed by atoms with van der Waals surface area (Å²) in [6.45, 7) is 1.41. The molecule has 1 aromatic heterocycles. The molecule has 0 atom stereocenters. The first-order chi connectivity index (χ1) is 13.1. The molecule has 2 aliphatic heterocycles. The van der Waals surface area contributed by atoms with Crippen molar-refractivity contribution in [3.63, 3.8) is 0 Å². The van der Waals surface area contributed by atoms with E-state index >= 15 is 0 Å². The summed E-state index contributed by atoms with van der Waals surface area (Å²) in [4.78, 5) is 43.9. The summed E-state index contributed by atoms with van der Waals surface area (Å²) in [7, 11) is 0. The van der Waals surface area contributed by atoms with Gasteiger partial charge in [-0.05, 0) is 31.0 Å². The second kappa shape index (κ2) is 7.48. The SMILES string of the molecule is O=C(Cc1csc(N2CCCC2=O)n1)Nc1cccc(N2CCCC2=O)c1. The van der Waals surface area contributed by atoms with E-state index in [-0.39, 0.29) is 24.1 Å². The Morgan fingerprint density at radius 3 is 2.56 bits per heavy atom. The molecule has 4 rings (SSSR count). The van der Waals surface area contributed by atoms with Gasteiger partial charge in [-0.25, -0.2) is 4.98 Å². The molecule has 0 aliphatic carbocycles. The van der Waals surface area contributed by atoms with Crippen molar-refractivity contribution in [1.29, 1.82) is 0 Å². The summed E-state index contributed by atoms with van der Waals surface area (Å²) in [6.07, 6.45) is 2.99. The first-order valence-corrected chi connectivity index (χ1v) is 9.93. The Kier molecular flexibility index (Phi) is 4.89. The summed E-state index contributed by atoms with van der Waals surface area (Å²) in [5.74, 6) is 0.0306. The van der Waals surface area contributed by atoms with Gasteiger partial charge in [0.15, 0.2) is 5.13 Å². The van der Waals surface area contributed by atoms with Gasteiger partial charge in [0.2, 0.25) is 17.7 Å². The summed E-state index contributed by atoms with van der Waals surface area (Å²) < 4.78 is 0. The molecule has 7 nitrogen and oxygen atoms in total. The van der Waals surface area contributed by atoms with Crippen LogP contribution < -0.4 is 15.1 Å². The summed E-state index contributed by atoms with van der Waals surface area (Å²) >= 11 is 1.39. The monoisotopic (exact) mass is 384 g/mol. The zero-order valence-electron chi connectivity index (χ0n) is 14.8. The Balaban J connectivity index is 1.39. The van der Waals surface area contributed by atoms with Crippen LogP contribution in [-0.2, 0) is 20.8 Å². The van der Waals surface area contributed by atoms with E-state index in [2.05, 4.69) is 10.3 Å². The largest absolute Gasteiger partial charge is 0.326 e. The van der Waals surface area contributed by atoms with Crippen LogP contribution in [0.3, 0.4) is 0 Å². The number of anilines is 3. The molecule has 0 spiro atoms. The molecular formula is C19H20N4O3S. The quantitative estimate of drug-likeness (QED) is 0.859. The normalized spacial score (nSPS) is 17.0. The average molecular weight is 384 g/mol. The molecule has 27 heavy (non-hydrogen) atoms. The molecule has 8 heteroatoms. The van der Waals surface area contributed by atoms with Gasteiger partial charge >= 0.3 is 0 Å². The van der Waals surface area contributed by atoms with Crippen LogP contribution in [-0.4, -0.2) is 35.8 Å².